The minimum atomic E-state index is -0.188. The van der Waals surface area contributed by atoms with E-state index in [-0.39, 0.29) is 11.8 Å². The SMILES string of the molecule is C/C=C/CCN1C(=O)C=C(C)C1=O. The van der Waals surface area contributed by atoms with Gasteiger partial charge in [0.2, 0.25) is 0 Å². The second-order valence-electron chi connectivity index (χ2n) is 2.98. The number of amides is 2. The molecule has 70 valence electrons. The molecule has 2 amide bonds. The summed E-state index contributed by atoms with van der Waals surface area (Å²) in [5, 5.41) is 0. The van der Waals surface area contributed by atoms with Crippen molar-refractivity contribution < 1.29 is 9.59 Å². The number of nitrogens with zero attached hydrogens (tertiary/aromatic N) is 1. The van der Waals surface area contributed by atoms with Crippen LogP contribution in [0.25, 0.3) is 0 Å². The highest BCUT2D eigenvalue weighted by molar-refractivity contribution is 6.15. The Labute approximate surface area is 77.7 Å². The van der Waals surface area contributed by atoms with E-state index >= 15 is 0 Å². The van der Waals surface area contributed by atoms with E-state index in [0.717, 1.165) is 6.42 Å². The molecule has 1 heterocycles. The molecular weight excluding hydrogens is 166 g/mol. The average molecular weight is 179 g/mol. The Morgan fingerprint density at radius 3 is 2.62 bits per heavy atom. The molecule has 0 saturated carbocycles. The molecule has 0 aromatic rings. The Morgan fingerprint density at radius 1 is 1.46 bits per heavy atom. The van der Waals surface area contributed by atoms with Crippen molar-refractivity contribution in [2.75, 3.05) is 6.54 Å². The van der Waals surface area contributed by atoms with Gasteiger partial charge in [-0.2, -0.15) is 0 Å². The van der Waals surface area contributed by atoms with Crippen LogP contribution in [-0.4, -0.2) is 23.3 Å². The van der Waals surface area contributed by atoms with E-state index in [0.29, 0.717) is 12.1 Å². The number of rotatable bonds is 3. The third-order valence-corrected chi connectivity index (χ3v) is 1.94. The molecule has 1 rings (SSSR count). The molecule has 0 fully saturated rings. The summed E-state index contributed by atoms with van der Waals surface area (Å²) >= 11 is 0. The van der Waals surface area contributed by atoms with Gasteiger partial charge in [0.05, 0.1) is 0 Å². The maximum Gasteiger partial charge on any atom is 0.256 e. The maximum absolute atomic E-state index is 11.3. The Hall–Kier alpha value is -1.38. The monoisotopic (exact) mass is 179 g/mol. The van der Waals surface area contributed by atoms with Crippen LogP contribution in [0.1, 0.15) is 20.3 Å². The van der Waals surface area contributed by atoms with Gasteiger partial charge in [-0.3, -0.25) is 14.5 Å². The van der Waals surface area contributed by atoms with Gasteiger partial charge in [-0.1, -0.05) is 12.2 Å². The van der Waals surface area contributed by atoms with Crippen molar-refractivity contribution in [2.45, 2.75) is 20.3 Å². The van der Waals surface area contributed by atoms with Crippen molar-refractivity contribution >= 4 is 11.8 Å². The first-order valence-electron chi connectivity index (χ1n) is 4.32. The predicted molar refractivity (Wildman–Crippen MR) is 49.9 cm³/mol. The first-order valence-corrected chi connectivity index (χ1v) is 4.32. The summed E-state index contributed by atoms with van der Waals surface area (Å²) in [7, 11) is 0. The zero-order valence-electron chi connectivity index (χ0n) is 7.91. The van der Waals surface area contributed by atoms with E-state index in [1.165, 1.54) is 11.0 Å². The van der Waals surface area contributed by atoms with Crippen LogP contribution >= 0.6 is 0 Å². The summed E-state index contributed by atoms with van der Waals surface area (Å²) in [6.45, 7) is 4.06. The lowest BCUT2D eigenvalue weighted by Crippen LogP contribution is -2.31. The van der Waals surface area contributed by atoms with E-state index < -0.39 is 0 Å². The van der Waals surface area contributed by atoms with Crippen molar-refractivity contribution in [1.82, 2.24) is 4.90 Å². The van der Waals surface area contributed by atoms with Crippen molar-refractivity contribution in [3.8, 4) is 0 Å². The minimum absolute atomic E-state index is 0.158. The fourth-order valence-electron chi connectivity index (χ4n) is 1.22. The molecule has 0 radical (unpaired) electrons. The van der Waals surface area contributed by atoms with Gasteiger partial charge in [0.15, 0.2) is 0 Å². The fourth-order valence-corrected chi connectivity index (χ4v) is 1.22. The number of imide groups is 1. The zero-order valence-corrected chi connectivity index (χ0v) is 7.91. The summed E-state index contributed by atoms with van der Waals surface area (Å²) in [6.07, 6.45) is 5.96. The molecule has 0 saturated heterocycles. The van der Waals surface area contributed by atoms with Crippen molar-refractivity contribution in [1.29, 1.82) is 0 Å². The topological polar surface area (TPSA) is 37.4 Å². The molecule has 0 atom stereocenters. The average Bonchev–Trinajstić information content (AvgIpc) is 2.32. The number of carbonyl (C=O) groups excluding carboxylic acids is 2. The van der Waals surface area contributed by atoms with Crippen LogP contribution in [-0.2, 0) is 9.59 Å². The molecule has 0 N–H and O–H groups in total. The third-order valence-electron chi connectivity index (χ3n) is 1.94. The van der Waals surface area contributed by atoms with Crippen LogP contribution in [0, 0.1) is 0 Å². The van der Waals surface area contributed by atoms with Gasteiger partial charge in [-0.15, -0.1) is 0 Å². The minimum Gasteiger partial charge on any atom is -0.275 e. The highest BCUT2D eigenvalue weighted by Gasteiger charge is 2.26. The molecule has 1 aliphatic heterocycles. The second-order valence-corrected chi connectivity index (χ2v) is 2.98. The van der Waals surface area contributed by atoms with Gasteiger partial charge in [0, 0.05) is 18.2 Å². The Balaban J connectivity index is 2.54. The van der Waals surface area contributed by atoms with Gasteiger partial charge in [-0.25, -0.2) is 0 Å². The van der Waals surface area contributed by atoms with Crippen LogP contribution in [0.15, 0.2) is 23.8 Å². The van der Waals surface area contributed by atoms with Crippen molar-refractivity contribution in [3.05, 3.63) is 23.8 Å². The largest absolute Gasteiger partial charge is 0.275 e. The number of allylic oxidation sites excluding steroid dienone is 1. The van der Waals surface area contributed by atoms with Crippen LogP contribution < -0.4 is 0 Å². The van der Waals surface area contributed by atoms with E-state index in [1.54, 1.807) is 6.92 Å². The fraction of sp³-hybridized carbons (Fsp3) is 0.400. The number of hydrogen-bond acceptors (Lipinski definition) is 2. The first-order chi connectivity index (χ1) is 6.16. The van der Waals surface area contributed by atoms with Crippen LogP contribution in [0.2, 0.25) is 0 Å². The van der Waals surface area contributed by atoms with Gasteiger partial charge in [0.25, 0.3) is 11.8 Å². The molecule has 0 bridgehead atoms. The Bertz CT molecular complexity index is 289. The molecule has 0 aromatic carbocycles. The maximum atomic E-state index is 11.3. The molecule has 3 nitrogen and oxygen atoms in total. The lowest BCUT2D eigenvalue weighted by molar-refractivity contribution is -0.137. The molecule has 0 unspecified atom stereocenters. The quantitative estimate of drug-likeness (QED) is 0.483. The summed E-state index contributed by atoms with van der Waals surface area (Å²) < 4.78 is 0. The molecule has 0 aromatic heterocycles. The van der Waals surface area contributed by atoms with Gasteiger partial charge in [0.1, 0.15) is 0 Å². The molecule has 0 spiro atoms. The lowest BCUT2D eigenvalue weighted by atomic mass is 10.3. The van der Waals surface area contributed by atoms with E-state index in [4.69, 9.17) is 0 Å². The lowest BCUT2D eigenvalue weighted by Gasteiger charge is -2.12. The van der Waals surface area contributed by atoms with E-state index in [9.17, 15) is 9.59 Å². The predicted octanol–water partition coefficient (Wildman–Crippen LogP) is 1.27. The summed E-state index contributed by atoms with van der Waals surface area (Å²) in [5.74, 6) is -0.346. The Morgan fingerprint density at radius 2 is 2.15 bits per heavy atom. The normalized spacial score (nSPS) is 17.4. The summed E-state index contributed by atoms with van der Waals surface area (Å²) in [4.78, 5) is 23.8. The second kappa shape index (κ2) is 4.03. The highest BCUT2D eigenvalue weighted by Crippen LogP contribution is 2.11. The molecule has 13 heavy (non-hydrogen) atoms. The van der Waals surface area contributed by atoms with Crippen molar-refractivity contribution in [3.63, 3.8) is 0 Å². The van der Waals surface area contributed by atoms with Crippen LogP contribution in [0.3, 0.4) is 0 Å². The van der Waals surface area contributed by atoms with E-state index in [1.807, 2.05) is 19.1 Å². The molecular formula is C10H13NO2. The summed E-state index contributed by atoms with van der Waals surface area (Å²) in [6, 6.07) is 0. The zero-order chi connectivity index (χ0) is 9.84. The molecule has 3 heteroatoms. The van der Waals surface area contributed by atoms with Crippen LogP contribution in [0.5, 0.6) is 0 Å². The van der Waals surface area contributed by atoms with E-state index in [2.05, 4.69) is 0 Å². The molecule has 0 aliphatic carbocycles. The number of carbonyl (C=O) groups is 2. The highest BCUT2D eigenvalue weighted by atomic mass is 16.2. The smallest absolute Gasteiger partial charge is 0.256 e. The number of hydrogen-bond donors (Lipinski definition) is 0. The first kappa shape index (κ1) is 9.71. The third kappa shape index (κ3) is 2.05. The van der Waals surface area contributed by atoms with Crippen LogP contribution in [0.4, 0.5) is 0 Å². The van der Waals surface area contributed by atoms with Gasteiger partial charge < -0.3 is 0 Å². The Kier molecular flexibility index (Phi) is 3.01. The summed E-state index contributed by atoms with van der Waals surface area (Å²) in [5.41, 5.74) is 0.533. The standard InChI is InChI=1S/C10H13NO2/c1-3-4-5-6-11-9(12)7-8(2)10(11)13/h3-4,7H,5-6H2,1-2H3/b4-3+. The van der Waals surface area contributed by atoms with Gasteiger partial charge >= 0.3 is 0 Å². The van der Waals surface area contributed by atoms with Crippen molar-refractivity contribution in [2.24, 2.45) is 0 Å². The van der Waals surface area contributed by atoms with Gasteiger partial charge in [-0.05, 0) is 20.3 Å². The molecule has 1 aliphatic rings.